The van der Waals surface area contributed by atoms with E-state index in [0.717, 1.165) is 73.2 Å². The molecule has 7 rings (SSSR count). The number of nitrogens with zero attached hydrogens (tertiary/aromatic N) is 9. The Labute approximate surface area is 287 Å². The maximum atomic E-state index is 13.6. The summed E-state index contributed by atoms with van der Waals surface area (Å²) in [4.78, 5) is 22.6. The number of nitrogens with one attached hydrogen (secondary N) is 2. The number of urea groups is 1. The van der Waals surface area contributed by atoms with E-state index < -0.39 is 0 Å². The zero-order valence-corrected chi connectivity index (χ0v) is 29.1. The Bertz CT molecular complexity index is 1910. The van der Waals surface area contributed by atoms with Gasteiger partial charge in [0.05, 0.1) is 24.3 Å². The van der Waals surface area contributed by atoms with E-state index in [9.17, 15) is 4.79 Å². The molecule has 1 saturated heterocycles. The van der Waals surface area contributed by atoms with Crippen LogP contribution in [0.4, 0.5) is 16.6 Å². The second-order valence-electron chi connectivity index (χ2n) is 14.5. The number of pyridine rings is 1. The highest BCUT2D eigenvalue weighted by molar-refractivity contribution is 5.89. The molecule has 2 N–H and O–H groups in total. The number of likely N-dealkylation sites (N-methyl/N-ethyl adjacent to an activating group) is 1. The van der Waals surface area contributed by atoms with Crippen molar-refractivity contribution in [1.82, 2.24) is 44.1 Å². The minimum atomic E-state index is -0.295. The lowest BCUT2D eigenvalue weighted by molar-refractivity contribution is 0.171. The SMILES string of the molecule is CN(C)CCn1cnc(-n2nc(C(C)(C)C)cc2NC(=O)N[C@H]2CC[C@@H](Oc3ccc4nnc(N5CCCCC5)n4c3)c3ccccc32)c1. The summed E-state index contributed by atoms with van der Waals surface area (Å²) < 4.78 is 12.4. The third-order valence-corrected chi connectivity index (χ3v) is 9.38. The second kappa shape index (κ2) is 13.5. The van der Waals surface area contributed by atoms with Crippen molar-refractivity contribution in [3.05, 3.63) is 78.0 Å². The van der Waals surface area contributed by atoms with Crippen molar-refractivity contribution in [3.63, 3.8) is 0 Å². The number of fused-ring (bicyclic) bond motifs is 2. The molecule has 1 aromatic carbocycles. The number of anilines is 2. The van der Waals surface area contributed by atoms with E-state index in [0.29, 0.717) is 11.6 Å². The van der Waals surface area contributed by atoms with E-state index in [1.54, 1.807) is 11.0 Å². The summed E-state index contributed by atoms with van der Waals surface area (Å²) >= 11 is 0. The van der Waals surface area contributed by atoms with Crippen molar-refractivity contribution < 1.29 is 9.53 Å². The Morgan fingerprint density at radius 1 is 1.00 bits per heavy atom. The summed E-state index contributed by atoms with van der Waals surface area (Å²) in [7, 11) is 4.09. The molecule has 1 aliphatic heterocycles. The Morgan fingerprint density at radius 2 is 1.80 bits per heavy atom. The number of rotatable bonds is 9. The van der Waals surface area contributed by atoms with Crippen molar-refractivity contribution in [2.24, 2.45) is 0 Å². The largest absolute Gasteiger partial charge is 0.484 e. The summed E-state index contributed by atoms with van der Waals surface area (Å²) in [6.07, 6.45) is 10.7. The van der Waals surface area contributed by atoms with Crippen LogP contribution in [0.5, 0.6) is 5.75 Å². The number of imidazole rings is 1. The van der Waals surface area contributed by atoms with Crippen LogP contribution >= 0.6 is 0 Å². The number of ether oxygens (including phenoxy) is 1. The van der Waals surface area contributed by atoms with E-state index in [1.807, 2.05) is 65.8 Å². The van der Waals surface area contributed by atoms with E-state index in [2.05, 4.69) is 68.5 Å². The zero-order valence-electron chi connectivity index (χ0n) is 29.1. The summed E-state index contributed by atoms with van der Waals surface area (Å²) in [5, 5.41) is 20.0. The lowest BCUT2D eigenvalue weighted by Crippen LogP contribution is -2.36. The van der Waals surface area contributed by atoms with Gasteiger partial charge in [0, 0.05) is 43.9 Å². The topological polar surface area (TPSA) is 123 Å². The molecular formula is C36H47N11O2. The Kier molecular flexibility index (Phi) is 9.01. The normalized spacial score (nSPS) is 18.1. The number of carbonyl (C=O) groups excluding carboxylic acids is 1. The molecule has 1 aliphatic carbocycles. The Morgan fingerprint density at radius 3 is 2.57 bits per heavy atom. The number of aromatic nitrogens is 7. The van der Waals surface area contributed by atoms with Gasteiger partial charge in [0.2, 0.25) is 5.95 Å². The molecule has 2 atom stereocenters. The maximum absolute atomic E-state index is 13.6. The van der Waals surface area contributed by atoms with E-state index in [4.69, 9.17) is 9.84 Å². The van der Waals surface area contributed by atoms with Gasteiger partial charge in [-0.25, -0.2) is 9.78 Å². The minimum Gasteiger partial charge on any atom is -0.484 e. The average molecular weight is 666 g/mol. The fraction of sp³-hybridized carbons (Fsp3) is 0.472. The first-order valence-corrected chi connectivity index (χ1v) is 17.3. The molecule has 1 fully saturated rings. The molecule has 13 nitrogen and oxygen atoms in total. The number of amides is 2. The fourth-order valence-electron chi connectivity index (χ4n) is 6.64. The number of hydrogen-bond donors (Lipinski definition) is 2. The predicted molar refractivity (Wildman–Crippen MR) is 190 cm³/mol. The van der Waals surface area contributed by atoms with Crippen LogP contribution in [-0.4, -0.2) is 78.6 Å². The highest BCUT2D eigenvalue weighted by Gasteiger charge is 2.30. The van der Waals surface area contributed by atoms with E-state index in [1.165, 1.54) is 19.3 Å². The number of hydrogen-bond acceptors (Lipinski definition) is 8. The molecule has 5 aromatic rings. The molecule has 2 amide bonds. The maximum Gasteiger partial charge on any atom is 0.320 e. The van der Waals surface area contributed by atoms with Crippen LogP contribution in [0.15, 0.2) is 61.2 Å². The lowest BCUT2D eigenvalue weighted by Gasteiger charge is -2.32. The molecule has 5 heterocycles. The zero-order chi connectivity index (χ0) is 34.1. The average Bonchev–Trinajstić information content (AvgIpc) is 3.84. The van der Waals surface area contributed by atoms with Gasteiger partial charge in [-0.1, -0.05) is 45.0 Å². The number of benzene rings is 1. The fourth-order valence-corrected chi connectivity index (χ4v) is 6.64. The van der Waals surface area contributed by atoms with Crippen LogP contribution in [0.3, 0.4) is 0 Å². The first-order valence-electron chi connectivity index (χ1n) is 17.3. The highest BCUT2D eigenvalue weighted by Crippen LogP contribution is 2.39. The smallest absolute Gasteiger partial charge is 0.320 e. The van der Waals surface area contributed by atoms with Crippen LogP contribution in [0.2, 0.25) is 0 Å². The van der Waals surface area contributed by atoms with Crippen molar-refractivity contribution in [2.75, 3.05) is 43.9 Å². The van der Waals surface area contributed by atoms with Crippen LogP contribution in [0.1, 0.15) is 81.8 Å². The monoisotopic (exact) mass is 665 g/mol. The van der Waals surface area contributed by atoms with Gasteiger partial charge in [0.1, 0.15) is 17.7 Å². The molecule has 4 aromatic heterocycles. The van der Waals surface area contributed by atoms with Crippen LogP contribution in [0, 0.1) is 0 Å². The minimum absolute atomic E-state index is 0.150. The van der Waals surface area contributed by atoms with Crippen molar-refractivity contribution in [2.45, 2.75) is 77.0 Å². The van der Waals surface area contributed by atoms with Crippen LogP contribution < -0.4 is 20.3 Å². The summed E-state index contributed by atoms with van der Waals surface area (Å²) in [5.41, 5.74) is 3.58. The molecule has 13 heteroatoms. The molecule has 49 heavy (non-hydrogen) atoms. The summed E-state index contributed by atoms with van der Waals surface area (Å²) in [6, 6.07) is 13.6. The van der Waals surface area contributed by atoms with Crippen molar-refractivity contribution in [3.8, 4) is 11.6 Å². The molecule has 0 unspecified atom stereocenters. The van der Waals surface area contributed by atoms with Crippen molar-refractivity contribution >= 4 is 23.4 Å². The first-order chi connectivity index (χ1) is 23.6. The third kappa shape index (κ3) is 7.12. The van der Waals surface area contributed by atoms with Gasteiger partial charge in [-0.15, -0.1) is 10.2 Å². The van der Waals surface area contributed by atoms with E-state index >= 15 is 0 Å². The van der Waals surface area contributed by atoms with Crippen LogP contribution in [0.25, 0.3) is 11.5 Å². The van der Waals surface area contributed by atoms with Gasteiger partial charge in [-0.3, -0.25) is 9.72 Å². The molecule has 0 bridgehead atoms. The quantitative estimate of drug-likeness (QED) is 0.205. The Hall–Kier alpha value is -4.91. The molecule has 0 spiro atoms. The van der Waals surface area contributed by atoms with Gasteiger partial charge < -0.3 is 24.4 Å². The van der Waals surface area contributed by atoms with Gasteiger partial charge >= 0.3 is 6.03 Å². The molecular weight excluding hydrogens is 618 g/mol. The molecule has 258 valence electrons. The van der Waals surface area contributed by atoms with Crippen LogP contribution in [-0.2, 0) is 12.0 Å². The third-order valence-electron chi connectivity index (χ3n) is 9.38. The molecule has 0 radical (unpaired) electrons. The number of piperidine rings is 1. The molecule has 2 aliphatic rings. The Balaban J connectivity index is 1.07. The highest BCUT2D eigenvalue weighted by atomic mass is 16.5. The summed E-state index contributed by atoms with van der Waals surface area (Å²) in [6.45, 7) is 9.99. The predicted octanol–water partition coefficient (Wildman–Crippen LogP) is 5.74. The van der Waals surface area contributed by atoms with Gasteiger partial charge in [0.15, 0.2) is 11.5 Å². The van der Waals surface area contributed by atoms with Gasteiger partial charge in [-0.05, 0) is 69.5 Å². The first kappa shape index (κ1) is 32.6. The van der Waals surface area contributed by atoms with Gasteiger partial charge in [-0.2, -0.15) is 9.78 Å². The standard InChI is InChI=1S/C36H47N11O2/c1-36(2,3)30-21-32(47(42-30)33-23-44(24-37-33)20-19-43(4)5)39-34(48)38-28-14-15-29(27-12-8-7-11-26(27)28)49-25-13-16-31-40-41-35(46(31)22-25)45-17-9-6-10-18-45/h7-8,11-13,16,21-24,28-29H,6,9-10,14-15,17-20H2,1-5H3,(H2,38,39,48)/t28-,29+/m0/s1. The lowest BCUT2D eigenvalue weighted by atomic mass is 9.85. The number of carbonyl (C=O) groups is 1. The van der Waals surface area contributed by atoms with Gasteiger partial charge in [0.25, 0.3) is 0 Å². The molecule has 0 saturated carbocycles. The van der Waals surface area contributed by atoms with E-state index in [-0.39, 0.29) is 23.6 Å². The second-order valence-corrected chi connectivity index (χ2v) is 14.5. The summed E-state index contributed by atoms with van der Waals surface area (Å²) in [5.74, 6) is 2.86. The van der Waals surface area contributed by atoms with Crippen molar-refractivity contribution in [1.29, 1.82) is 0 Å².